The summed E-state index contributed by atoms with van der Waals surface area (Å²) in [6, 6.07) is 13.7. The molecule has 0 bridgehead atoms. The molecule has 0 radical (unpaired) electrons. The van der Waals surface area contributed by atoms with Gasteiger partial charge in [-0.05, 0) is 74.8 Å². The summed E-state index contributed by atoms with van der Waals surface area (Å²) in [5.41, 5.74) is 4.72. The van der Waals surface area contributed by atoms with Crippen LogP contribution in [0.1, 0.15) is 55.7 Å². The van der Waals surface area contributed by atoms with Crippen LogP contribution in [0.4, 0.5) is 0 Å². The molecule has 0 spiro atoms. The maximum atomic E-state index is 9.47. The van der Waals surface area contributed by atoms with Gasteiger partial charge in [0.2, 0.25) is 5.82 Å². The Morgan fingerprint density at radius 3 is 2.93 bits per heavy atom. The highest BCUT2D eigenvalue weighted by atomic mass is 16.5. The van der Waals surface area contributed by atoms with Crippen LogP contribution < -0.4 is 4.74 Å². The first-order valence-corrected chi connectivity index (χ1v) is 10.4. The van der Waals surface area contributed by atoms with Crippen LogP contribution >= 0.6 is 0 Å². The van der Waals surface area contributed by atoms with E-state index in [2.05, 4.69) is 22.3 Å². The predicted molar refractivity (Wildman–Crippen MR) is 113 cm³/mol. The van der Waals surface area contributed by atoms with E-state index in [0.717, 1.165) is 31.2 Å². The Bertz CT molecular complexity index is 1080. The fourth-order valence-electron chi connectivity index (χ4n) is 4.14. The van der Waals surface area contributed by atoms with Gasteiger partial charge in [-0.15, -0.1) is 0 Å². The first-order chi connectivity index (χ1) is 14.6. The number of nitriles is 1. The van der Waals surface area contributed by atoms with Crippen LogP contribution in [0.15, 0.2) is 40.9 Å². The van der Waals surface area contributed by atoms with Gasteiger partial charge in [0.15, 0.2) is 0 Å². The lowest BCUT2D eigenvalue weighted by Crippen LogP contribution is -2.06. The third-order valence-electron chi connectivity index (χ3n) is 5.48. The summed E-state index contributed by atoms with van der Waals surface area (Å²) in [4.78, 5) is 4.61. The number of hydrogen-bond acceptors (Lipinski definition) is 6. The van der Waals surface area contributed by atoms with Gasteiger partial charge in [0, 0.05) is 17.7 Å². The van der Waals surface area contributed by atoms with Gasteiger partial charge in [-0.1, -0.05) is 23.4 Å². The number of rotatable bonds is 7. The lowest BCUT2D eigenvalue weighted by atomic mass is 9.95. The van der Waals surface area contributed by atoms with Crippen molar-refractivity contribution in [2.45, 2.75) is 51.6 Å². The summed E-state index contributed by atoms with van der Waals surface area (Å²) < 4.78 is 11.2. The summed E-state index contributed by atoms with van der Waals surface area (Å²) in [7, 11) is 0. The highest BCUT2D eigenvalue weighted by Crippen LogP contribution is 2.40. The molecular weight excluding hydrogens is 378 g/mol. The van der Waals surface area contributed by atoms with Gasteiger partial charge in [0.25, 0.3) is 5.89 Å². The zero-order valence-corrected chi connectivity index (χ0v) is 17.3. The molecule has 1 unspecified atom stereocenters. The standard InChI is InChI=1S/C24H25N3O3/c1-15(2)29-22-11-9-17(13-18(22)14-25)24-26-23(27-30-24)21-7-3-6-19-16(5-4-12-28)8-10-20(19)21/h3,6-7,9,11,13,15-16,28H,4-5,8,10,12H2,1-2H3. The molecule has 30 heavy (non-hydrogen) atoms. The van der Waals surface area contributed by atoms with Crippen LogP contribution in [0.25, 0.3) is 22.8 Å². The topological polar surface area (TPSA) is 92.2 Å². The Labute approximate surface area is 176 Å². The van der Waals surface area contributed by atoms with E-state index in [4.69, 9.17) is 14.4 Å². The number of aromatic nitrogens is 2. The number of hydrogen-bond donors (Lipinski definition) is 1. The Hall–Kier alpha value is -3.17. The monoisotopic (exact) mass is 403 g/mol. The van der Waals surface area contributed by atoms with Crippen molar-refractivity contribution >= 4 is 0 Å². The molecule has 0 fully saturated rings. The molecule has 1 heterocycles. The largest absolute Gasteiger partial charge is 0.490 e. The highest BCUT2D eigenvalue weighted by Gasteiger charge is 2.26. The van der Waals surface area contributed by atoms with Crippen LogP contribution in [-0.2, 0) is 6.42 Å². The van der Waals surface area contributed by atoms with Crippen LogP contribution in [0.3, 0.4) is 0 Å². The maximum Gasteiger partial charge on any atom is 0.258 e. The molecule has 1 aliphatic carbocycles. The summed E-state index contributed by atoms with van der Waals surface area (Å²) in [5, 5.41) is 22.8. The molecule has 3 aromatic rings. The summed E-state index contributed by atoms with van der Waals surface area (Å²) in [6.07, 6.45) is 3.86. The molecule has 0 amide bonds. The van der Waals surface area contributed by atoms with E-state index in [0.29, 0.717) is 34.5 Å². The molecule has 0 aliphatic heterocycles. The van der Waals surface area contributed by atoms with E-state index in [1.807, 2.05) is 32.0 Å². The zero-order valence-electron chi connectivity index (χ0n) is 17.3. The minimum absolute atomic E-state index is 0.0145. The van der Waals surface area contributed by atoms with Gasteiger partial charge in [-0.3, -0.25) is 0 Å². The summed E-state index contributed by atoms with van der Waals surface area (Å²) >= 11 is 0. The smallest absolute Gasteiger partial charge is 0.258 e. The van der Waals surface area contributed by atoms with E-state index < -0.39 is 0 Å². The normalized spacial score (nSPS) is 15.2. The number of aliphatic hydroxyl groups is 1. The van der Waals surface area contributed by atoms with Crippen LogP contribution in [0.5, 0.6) is 5.75 Å². The second kappa shape index (κ2) is 8.68. The van der Waals surface area contributed by atoms with E-state index in [9.17, 15) is 5.26 Å². The van der Waals surface area contributed by atoms with Crippen molar-refractivity contribution in [1.29, 1.82) is 5.26 Å². The zero-order chi connectivity index (χ0) is 21.1. The molecule has 0 saturated carbocycles. The number of fused-ring (bicyclic) bond motifs is 1. The molecule has 154 valence electrons. The molecular formula is C24H25N3O3. The molecule has 4 rings (SSSR count). The van der Waals surface area contributed by atoms with Gasteiger partial charge < -0.3 is 14.4 Å². The van der Waals surface area contributed by atoms with E-state index in [1.165, 1.54) is 11.1 Å². The minimum Gasteiger partial charge on any atom is -0.490 e. The van der Waals surface area contributed by atoms with E-state index >= 15 is 0 Å². The first kappa shape index (κ1) is 20.1. The van der Waals surface area contributed by atoms with Crippen molar-refractivity contribution in [3.05, 3.63) is 53.1 Å². The Balaban J connectivity index is 1.63. The molecule has 1 N–H and O–H groups in total. The third kappa shape index (κ3) is 3.94. The number of ether oxygens (including phenoxy) is 1. The summed E-state index contributed by atoms with van der Waals surface area (Å²) in [6.45, 7) is 4.07. The van der Waals surface area contributed by atoms with Crippen LogP contribution in [-0.4, -0.2) is 28.0 Å². The first-order valence-electron chi connectivity index (χ1n) is 10.4. The van der Waals surface area contributed by atoms with E-state index in [1.54, 1.807) is 12.1 Å². The van der Waals surface area contributed by atoms with Gasteiger partial charge in [0.05, 0.1) is 11.7 Å². The molecule has 1 atom stereocenters. The quantitative estimate of drug-likeness (QED) is 0.605. The summed E-state index contributed by atoms with van der Waals surface area (Å²) in [5.74, 6) is 1.96. The second-order valence-corrected chi connectivity index (χ2v) is 7.89. The van der Waals surface area contributed by atoms with Crippen molar-refractivity contribution in [3.63, 3.8) is 0 Å². The average Bonchev–Trinajstić information content (AvgIpc) is 3.39. The fraction of sp³-hybridized carbons (Fsp3) is 0.375. The predicted octanol–water partition coefficient (Wildman–Crippen LogP) is 4.86. The van der Waals surface area contributed by atoms with Gasteiger partial charge in [-0.2, -0.15) is 10.2 Å². The third-order valence-corrected chi connectivity index (χ3v) is 5.48. The molecule has 1 aromatic heterocycles. The SMILES string of the molecule is CC(C)Oc1ccc(-c2nc(-c3cccc4c3CCC4CCCO)no2)cc1C#N. The average molecular weight is 403 g/mol. The molecule has 2 aromatic carbocycles. The van der Waals surface area contributed by atoms with Crippen LogP contribution in [0, 0.1) is 11.3 Å². The minimum atomic E-state index is -0.0145. The van der Waals surface area contributed by atoms with Crippen LogP contribution in [0.2, 0.25) is 0 Å². The maximum absolute atomic E-state index is 9.47. The molecule has 6 heteroatoms. The second-order valence-electron chi connectivity index (χ2n) is 7.89. The van der Waals surface area contributed by atoms with E-state index in [-0.39, 0.29) is 12.7 Å². The van der Waals surface area contributed by atoms with Crippen molar-refractivity contribution in [2.24, 2.45) is 0 Å². The lowest BCUT2D eigenvalue weighted by Gasteiger charge is -2.11. The number of nitrogens with zero attached hydrogens (tertiary/aromatic N) is 3. The fourth-order valence-corrected chi connectivity index (χ4v) is 4.14. The molecule has 6 nitrogen and oxygen atoms in total. The van der Waals surface area contributed by atoms with Crippen molar-refractivity contribution in [2.75, 3.05) is 6.61 Å². The Kier molecular flexibility index (Phi) is 5.82. The van der Waals surface area contributed by atoms with Crippen molar-refractivity contribution in [3.8, 4) is 34.7 Å². The van der Waals surface area contributed by atoms with Gasteiger partial charge in [0.1, 0.15) is 11.8 Å². The number of benzene rings is 2. The van der Waals surface area contributed by atoms with Crippen molar-refractivity contribution in [1.82, 2.24) is 10.1 Å². The molecule has 1 aliphatic rings. The lowest BCUT2D eigenvalue weighted by molar-refractivity contribution is 0.241. The Morgan fingerprint density at radius 2 is 2.17 bits per heavy atom. The number of aliphatic hydroxyl groups excluding tert-OH is 1. The molecule has 0 saturated heterocycles. The van der Waals surface area contributed by atoms with Gasteiger partial charge in [-0.25, -0.2) is 0 Å². The van der Waals surface area contributed by atoms with Gasteiger partial charge >= 0.3 is 0 Å². The van der Waals surface area contributed by atoms with Crippen molar-refractivity contribution < 1.29 is 14.4 Å². The highest BCUT2D eigenvalue weighted by molar-refractivity contribution is 5.67. The Morgan fingerprint density at radius 1 is 1.30 bits per heavy atom.